The smallest absolute Gasteiger partial charge is 0.407 e. The molecule has 6 nitrogen and oxygen atoms in total. The van der Waals surface area contributed by atoms with Crippen LogP contribution in [0.2, 0.25) is 0 Å². The molecule has 6 heteroatoms. The normalized spacial score (nSPS) is 18.6. The van der Waals surface area contributed by atoms with E-state index in [1.807, 2.05) is 48.5 Å². The number of hydrogen-bond acceptors (Lipinski definition) is 4. The topological polar surface area (TPSA) is 75.7 Å². The third-order valence-corrected chi connectivity index (χ3v) is 6.90. The van der Waals surface area contributed by atoms with Crippen LogP contribution in [0, 0.1) is 0 Å². The maximum absolute atomic E-state index is 12.4. The van der Waals surface area contributed by atoms with E-state index in [-0.39, 0.29) is 30.4 Å². The Kier molecular flexibility index (Phi) is 5.88. The van der Waals surface area contributed by atoms with Gasteiger partial charge >= 0.3 is 6.09 Å². The number of ketones is 1. The van der Waals surface area contributed by atoms with Crippen LogP contribution in [0.25, 0.3) is 11.1 Å². The van der Waals surface area contributed by atoms with E-state index in [0.717, 1.165) is 17.5 Å². The molecular weight excluding hydrogens is 428 g/mol. The molecule has 5 rings (SSSR count). The van der Waals surface area contributed by atoms with Crippen LogP contribution < -0.4 is 5.32 Å². The van der Waals surface area contributed by atoms with Gasteiger partial charge in [0.1, 0.15) is 6.61 Å². The Bertz CT molecular complexity index is 1190. The van der Waals surface area contributed by atoms with Crippen LogP contribution >= 0.6 is 0 Å². The minimum Gasteiger partial charge on any atom is -0.449 e. The van der Waals surface area contributed by atoms with E-state index in [2.05, 4.69) is 29.6 Å². The average molecular weight is 455 g/mol. The number of benzene rings is 3. The van der Waals surface area contributed by atoms with Crippen molar-refractivity contribution in [3.8, 4) is 11.1 Å². The van der Waals surface area contributed by atoms with Gasteiger partial charge in [0.15, 0.2) is 5.78 Å². The fourth-order valence-electron chi connectivity index (χ4n) is 4.97. The number of nitrogens with zero attached hydrogens (tertiary/aromatic N) is 1. The van der Waals surface area contributed by atoms with Crippen LogP contribution in [0.15, 0.2) is 72.8 Å². The monoisotopic (exact) mass is 454 g/mol. The summed E-state index contributed by atoms with van der Waals surface area (Å²) in [5.74, 6) is 0.119. The SMILES string of the molecule is CC1C(=O)C(Cc2ccc(CNC(=O)OCC3c4ccccc4-c4ccccc43)cc2)N1C=O. The molecule has 3 aromatic carbocycles. The quantitative estimate of drug-likeness (QED) is 0.546. The molecule has 0 saturated carbocycles. The summed E-state index contributed by atoms with van der Waals surface area (Å²) >= 11 is 0. The number of fused-ring (bicyclic) bond motifs is 3. The van der Waals surface area contributed by atoms with Crippen molar-refractivity contribution in [3.63, 3.8) is 0 Å². The molecule has 172 valence electrons. The van der Waals surface area contributed by atoms with Gasteiger partial charge in [0, 0.05) is 18.9 Å². The number of Topliss-reactive ketones (excluding diaryl/α,β-unsaturated/α-hetero) is 1. The number of ether oxygens (including phenoxy) is 1. The number of hydrogen-bond donors (Lipinski definition) is 1. The molecular formula is C28H26N2O4. The first-order chi connectivity index (χ1) is 16.6. The van der Waals surface area contributed by atoms with Crippen molar-refractivity contribution in [3.05, 3.63) is 95.1 Å². The van der Waals surface area contributed by atoms with Gasteiger partial charge in [-0.05, 0) is 40.3 Å². The molecule has 0 bridgehead atoms. The van der Waals surface area contributed by atoms with Crippen molar-refractivity contribution >= 4 is 18.3 Å². The summed E-state index contributed by atoms with van der Waals surface area (Å²) in [6, 6.07) is 23.4. The highest BCUT2D eigenvalue weighted by atomic mass is 16.5. The summed E-state index contributed by atoms with van der Waals surface area (Å²) in [6.45, 7) is 2.36. The van der Waals surface area contributed by atoms with Crippen LogP contribution in [0.3, 0.4) is 0 Å². The number of carbonyl (C=O) groups is 3. The number of alkyl carbamates (subject to hydrolysis) is 1. The van der Waals surface area contributed by atoms with Crippen molar-refractivity contribution in [2.75, 3.05) is 6.61 Å². The standard InChI is InChI=1S/C28H26N2O4/c1-18-27(32)26(30(18)17-31)14-19-10-12-20(13-11-19)15-29-28(33)34-16-25-23-8-4-2-6-21(23)22-7-3-5-9-24(22)25/h2-13,17-18,25-26H,14-16H2,1H3,(H,29,33). The fourth-order valence-corrected chi connectivity index (χ4v) is 4.97. The van der Waals surface area contributed by atoms with Gasteiger partial charge in [0.2, 0.25) is 6.41 Å². The Morgan fingerprint density at radius 3 is 2.15 bits per heavy atom. The van der Waals surface area contributed by atoms with E-state index < -0.39 is 6.09 Å². The van der Waals surface area contributed by atoms with Gasteiger partial charge in [-0.15, -0.1) is 0 Å². The lowest BCUT2D eigenvalue weighted by Crippen LogP contribution is -2.63. The van der Waals surface area contributed by atoms with Gasteiger partial charge in [-0.3, -0.25) is 9.59 Å². The second-order valence-corrected chi connectivity index (χ2v) is 8.85. The molecule has 2 amide bonds. The van der Waals surface area contributed by atoms with E-state index in [1.165, 1.54) is 22.3 Å². The van der Waals surface area contributed by atoms with Crippen molar-refractivity contribution < 1.29 is 19.1 Å². The Morgan fingerprint density at radius 1 is 0.941 bits per heavy atom. The minimum absolute atomic E-state index is 0.0281. The summed E-state index contributed by atoms with van der Waals surface area (Å²) in [7, 11) is 0. The summed E-state index contributed by atoms with van der Waals surface area (Å²) in [6.07, 6.45) is 0.785. The molecule has 1 saturated heterocycles. The molecule has 1 aliphatic carbocycles. The molecule has 2 unspecified atom stereocenters. The predicted molar refractivity (Wildman–Crippen MR) is 128 cm³/mol. The van der Waals surface area contributed by atoms with Gasteiger partial charge < -0.3 is 15.0 Å². The minimum atomic E-state index is -0.457. The second kappa shape index (κ2) is 9.14. The van der Waals surface area contributed by atoms with E-state index in [4.69, 9.17) is 4.74 Å². The Labute approximate surface area is 198 Å². The summed E-state index contributed by atoms with van der Waals surface area (Å²) in [4.78, 5) is 37.1. The zero-order valence-corrected chi connectivity index (χ0v) is 18.9. The Hall–Kier alpha value is -3.93. The predicted octanol–water partition coefficient (Wildman–Crippen LogP) is 4.07. The number of carbonyl (C=O) groups excluding carboxylic acids is 3. The van der Waals surface area contributed by atoms with Gasteiger partial charge in [-0.25, -0.2) is 4.79 Å². The van der Waals surface area contributed by atoms with Crippen LogP contribution in [-0.2, 0) is 27.3 Å². The first-order valence-electron chi connectivity index (χ1n) is 11.5. The molecule has 1 N–H and O–H groups in total. The summed E-state index contributed by atoms with van der Waals surface area (Å²) in [5.41, 5.74) is 6.65. The Balaban J connectivity index is 1.14. The molecule has 1 fully saturated rings. The van der Waals surface area contributed by atoms with Gasteiger partial charge in [0.05, 0.1) is 12.1 Å². The second-order valence-electron chi connectivity index (χ2n) is 8.85. The Morgan fingerprint density at radius 2 is 1.53 bits per heavy atom. The maximum atomic E-state index is 12.4. The largest absolute Gasteiger partial charge is 0.449 e. The summed E-state index contributed by atoms with van der Waals surface area (Å²) in [5, 5.41) is 2.81. The van der Waals surface area contributed by atoms with Crippen molar-refractivity contribution in [2.24, 2.45) is 0 Å². The fraction of sp³-hybridized carbons (Fsp3) is 0.250. The number of amides is 2. The summed E-state index contributed by atoms with van der Waals surface area (Å²) < 4.78 is 5.58. The van der Waals surface area contributed by atoms with E-state index in [1.54, 1.807) is 11.8 Å². The molecule has 0 radical (unpaired) electrons. The molecule has 34 heavy (non-hydrogen) atoms. The average Bonchev–Trinajstić information content (AvgIpc) is 3.20. The lowest BCUT2D eigenvalue weighted by atomic mass is 9.88. The molecule has 2 atom stereocenters. The highest BCUT2D eigenvalue weighted by molar-refractivity contribution is 5.98. The van der Waals surface area contributed by atoms with Crippen LogP contribution in [0.4, 0.5) is 4.79 Å². The van der Waals surface area contributed by atoms with Crippen molar-refractivity contribution in [2.45, 2.75) is 37.9 Å². The lowest BCUT2D eigenvalue weighted by molar-refractivity contribution is -0.151. The molecule has 0 spiro atoms. The van der Waals surface area contributed by atoms with Gasteiger partial charge in [0.25, 0.3) is 0 Å². The molecule has 0 aromatic heterocycles. The molecule has 1 aliphatic heterocycles. The van der Waals surface area contributed by atoms with E-state index in [9.17, 15) is 14.4 Å². The third kappa shape index (κ3) is 3.96. The lowest BCUT2D eigenvalue weighted by Gasteiger charge is -2.42. The molecule has 3 aromatic rings. The third-order valence-electron chi connectivity index (χ3n) is 6.90. The van der Waals surface area contributed by atoms with Crippen molar-refractivity contribution in [1.29, 1.82) is 0 Å². The van der Waals surface area contributed by atoms with Crippen LogP contribution in [0.5, 0.6) is 0 Å². The van der Waals surface area contributed by atoms with E-state index >= 15 is 0 Å². The van der Waals surface area contributed by atoms with Crippen LogP contribution in [0.1, 0.15) is 35.1 Å². The number of rotatable bonds is 7. The first kappa shape index (κ1) is 21.9. The van der Waals surface area contributed by atoms with Crippen molar-refractivity contribution in [1.82, 2.24) is 10.2 Å². The van der Waals surface area contributed by atoms with Gasteiger partial charge in [-0.2, -0.15) is 0 Å². The van der Waals surface area contributed by atoms with Gasteiger partial charge in [-0.1, -0.05) is 72.8 Å². The van der Waals surface area contributed by atoms with Crippen LogP contribution in [-0.4, -0.2) is 41.9 Å². The number of nitrogens with one attached hydrogen (secondary N) is 1. The highest BCUT2D eigenvalue weighted by Gasteiger charge is 2.43. The molecule has 2 aliphatic rings. The van der Waals surface area contributed by atoms with E-state index in [0.29, 0.717) is 13.0 Å². The molecule has 1 heterocycles. The number of likely N-dealkylation sites (tertiary alicyclic amines) is 1. The highest BCUT2D eigenvalue weighted by Crippen LogP contribution is 2.44. The zero-order valence-electron chi connectivity index (χ0n) is 18.9. The first-order valence-corrected chi connectivity index (χ1v) is 11.5. The maximum Gasteiger partial charge on any atom is 0.407 e. The zero-order chi connectivity index (χ0) is 23.7.